The van der Waals surface area contributed by atoms with Crippen molar-refractivity contribution in [2.24, 2.45) is 0 Å². The van der Waals surface area contributed by atoms with Gasteiger partial charge in [0.05, 0.1) is 17.3 Å². The lowest BCUT2D eigenvalue weighted by Crippen LogP contribution is -2.73. The third-order valence-electron chi connectivity index (χ3n) is 9.32. The summed E-state index contributed by atoms with van der Waals surface area (Å²) in [5.74, 6) is 1.80. The van der Waals surface area contributed by atoms with Crippen LogP contribution in [0.1, 0.15) is 11.1 Å². The van der Waals surface area contributed by atoms with E-state index in [1.54, 1.807) is 0 Å². The van der Waals surface area contributed by atoms with Crippen LogP contribution in [0.15, 0.2) is 152 Å². The molecular formula is C39H25N3O+2. The highest BCUT2D eigenvalue weighted by atomic mass is 16.5. The van der Waals surface area contributed by atoms with Crippen LogP contribution >= 0.6 is 0 Å². The fourth-order valence-electron chi connectivity index (χ4n) is 7.63. The molecular weight excluding hydrogens is 526 g/mol. The van der Waals surface area contributed by atoms with Crippen LogP contribution in [0.25, 0.3) is 50.3 Å². The molecule has 5 aromatic carbocycles. The predicted octanol–water partition coefficient (Wildman–Crippen LogP) is 7.75. The van der Waals surface area contributed by atoms with Crippen LogP contribution in [0.4, 0.5) is 0 Å². The Morgan fingerprint density at radius 2 is 1.21 bits per heavy atom. The van der Waals surface area contributed by atoms with Gasteiger partial charge in [-0.15, -0.1) is 9.25 Å². The van der Waals surface area contributed by atoms with E-state index in [-0.39, 0.29) is 0 Å². The molecule has 0 amide bonds. The molecule has 2 aromatic heterocycles. The summed E-state index contributed by atoms with van der Waals surface area (Å²) in [4.78, 5) is 0. The van der Waals surface area contributed by atoms with Crippen molar-refractivity contribution < 1.29 is 14.0 Å². The van der Waals surface area contributed by atoms with Crippen molar-refractivity contribution in [3.8, 4) is 61.8 Å². The van der Waals surface area contributed by atoms with E-state index in [2.05, 4.69) is 166 Å². The molecule has 7 aromatic rings. The number of pyridine rings is 1. The lowest BCUT2D eigenvalue weighted by Gasteiger charge is -2.24. The van der Waals surface area contributed by atoms with Gasteiger partial charge in [-0.1, -0.05) is 91.0 Å². The van der Waals surface area contributed by atoms with Gasteiger partial charge < -0.3 is 4.74 Å². The van der Waals surface area contributed by atoms with Gasteiger partial charge in [-0.2, -0.15) is 0 Å². The zero-order chi connectivity index (χ0) is 28.1. The summed E-state index contributed by atoms with van der Waals surface area (Å²) in [6, 6.07) is 47.7. The van der Waals surface area contributed by atoms with Gasteiger partial charge in [0.15, 0.2) is 17.3 Å². The van der Waals surface area contributed by atoms with E-state index in [0.29, 0.717) is 0 Å². The molecule has 1 atom stereocenters. The molecule has 4 heteroatoms. The molecule has 5 heterocycles. The molecule has 0 saturated heterocycles. The molecule has 3 aliphatic rings. The first-order valence-electron chi connectivity index (χ1n) is 14.7. The normalized spacial score (nSPS) is 16.2. The van der Waals surface area contributed by atoms with Gasteiger partial charge in [-0.3, -0.25) is 0 Å². The van der Waals surface area contributed by atoms with Crippen LogP contribution in [-0.2, 0) is 5.66 Å². The fraction of sp³-hybridized carbons (Fsp3) is 0.0256. The van der Waals surface area contributed by atoms with Gasteiger partial charge in [0.25, 0.3) is 0 Å². The van der Waals surface area contributed by atoms with Crippen molar-refractivity contribution in [1.82, 2.24) is 4.68 Å². The third kappa shape index (κ3) is 2.80. The molecule has 0 saturated carbocycles. The van der Waals surface area contributed by atoms with E-state index in [1.165, 1.54) is 55.8 Å². The number of fused-ring (bicyclic) bond motifs is 4. The Hall–Kier alpha value is -5.74. The lowest BCUT2D eigenvalue weighted by atomic mass is 9.83. The van der Waals surface area contributed by atoms with Gasteiger partial charge in [0, 0.05) is 12.1 Å². The van der Waals surface area contributed by atoms with E-state index in [9.17, 15) is 0 Å². The highest BCUT2D eigenvalue weighted by Crippen LogP contribution is 2.58. The average Bonchev–Trinajstić information content (AvgIpc) is 3.76. The first-order valence-corrected chi connectivity index (χ1v) is 14.7. The maximum atomic E-state index is 6.75. The van der Waals surface area contributed by atoms with E-state index < -0.39 is 5.66 Å². The summed E-state index contributed by atoms with van der Waals surface area (Å²) < 4.78 is 13.9. The van der Waals surface area contributed by atoms with E-state index in [1.807, 2.05) is 0 Å². The first-order chi connectivity index (χ1) is 21.3. The second-order valence-electron chi connectivity index (χ2n) is 11.4. The second kappa shape index (κ2) is 8.17. The molecule has 43 heavy (non-hydrogen) atoms. The molecule has 0 radical (unpaired) electrons. The molecule has 1 unspecified atom stereocenters. The molecule has 10 rings (SSSR count). The first kappa shape index (κ1) is 22.9. The number of rotatable bonds is 3. The monoisotopic (exact) mass is 551 g/mol. The molecule has 0 N–H and O–H groups in total. The fourth-order valence-corrected chi connectivity index (χ4v) is 7.63. The second-order valence-corrected chi connectivity index (χ2v) is 11.4. The van der Waals surface area contributed by atoms with Crippen molar-refractivity contribution in [2.45, 2.75) is 5.66 Å². The summed E-state index contributed by atoms with van der Waals surface area (Å²) in [5, 5.41) is 0. The largest absolute Gasteiger partial charge is 0.455 e. The number of aromatic nitrogens is 3. The summed E-state index contributed by atoms with van der Waals surface area (Å²) >= 11 is 0. The number of hydrogen-bond donors (Lipinski definition) is 0. The van der Waals surface area contributed by atoms with E-state index in [0.717, 1.165) is 17.2 Å². The molecule has 3 aliphatic heterocycles. The number of ether oxygens (including phenoxy) is 1. The van der Waals surface area contributed by atoms with Crippen LogP contribution in [0.5, 0.6) is 11.5 Å². The Kier molecular flexibility index (Phi) is 4.35. The minimum Gasteiger partial charge on any atom is -0.455 e. The molecule has 1 spiro atoms. The SMILES string of the molecule is c1ccc(-c2ccc(-c3ccc[n+]4c3-c3c(-c5ccccc5)ccc5c3C43c4c(cccc4-n4ccc[n+]43)O5)cc2)cc1. The molecule has 4 nitrogen and oxygen atoms in total. The van der Waals surface area contributed by atoms with Crippen molar-refractivity contribution in [3.05, 3.63) is 163 Å². The van der Waals surface area contributed by atoms with Gasteiger partial charge in [-0.25, -0.2) is 0 Å². The van der Waals surface area contributed by atoms with Crippen LogP contribution < -0.4 is 14.0 Å². The Balaban J connectivity index is 1.32. The highest BCUT2D eigenvalue weighted by Gasteiger charge is 2.72. The van der Waals surface area contributed by atoms with Crippen molar-refractivity contribution in [2.75, 3.05) is 0 Å². The zero-order valence-corrected chi connectivity index (χ0v) is 23.2. The maximum Gasteiger partial charge on any atom is 0.447 e. The average molecular weight is 552 g/mol. The number of nitrogens with zero attached hydrogens (tertiary/aromatic N) is 3. The minimum absolute atomic E-state index is 0.613. The maximum absolute atomic E-state index is 6.75. The van der Waals surface area contributed by atoms with Crippen LogP contribution in [0, 0.1) is 0 Å². The predicted molar refractivity (Wildman–Crippen MR) is 166 cm³/mol. The lowest BCUT2D eigenvalue weighted by molar-refractivity contribution is -0.988. The summed E-state index contributed by atoms with van der Waals surface area (Å²) in [6.45, 7) is 0. The smallest absolute Gasteiger partial charge is 0.447 e. The van der Waals surface area contributed by atoms with E-state index >= 15 is 0 Å². The standard InChI is InChI=1S/C39H25N3O/c1-3-10-26(11-4-1)27-17-19-29(20-18-27)31-14-8-23-40-38(31)35-30(28-12-5-2-6-13-28)21-22-34-37(35)39(40)36-32(15-7-16-33(36)43-34)41-24-9-25-42(39)41/h1-25H/q+2. The molecule has 0 bridgehead atoms. The Bertz CT molecular complexity index is 2250. The summed E-state index contributed by atoms with van der Waals surface area (Å²) in [5.41, 5.74) is 12.5. The Labute approximate surface area is 248 Å². The Morgan fingerprint density at radius 3 is 2.02 bits per heavy atom. The quantitative estimate of drug-likeness (QED) is 0.206. The summed E-state index contributed by atoms with van der Waals surface area (Å²) in [6.07, 6.45) is 6.59. The third-order valence-corrected chi connectivity index (χ3v) is 9.32. The van der Waals surface area contributed by atoms with Gasteiger partial charge in [-0.05, 0) is 62.8 Å². The summed E-state index contributed by atoms with van der Waals surface area (Å²) in [7, 11) is 0. The minimum atomic E-state index is -0.613. The number of benzene rings is 5. The highest BCUT2D eigenvalue weighted by molar-refractivity contribution is 5.94. The van der Waals surface area contributed by atoms with Crippen LogP contribution in [0.2, 0.25) is 0 Å². The van der Waals surface area contributed by atoms with E-state index in [4.69, 9.17) is 4.74 Å². The van der Waals surface area contributed by atoms with Crippen molar-refractivity contribution in [1.29, 1.82) is 0 Å². The van der Waals surface area contributed by atoms with Crippen molar-refractivity contribution >= 4 is 0 Å². The topological polar surface area (TPSA) is 21.9 Å². The Morgan fingerprint density at radius 1 is 0.512 bits per heavy atom. The molecule has 200 valence electrons. The van der Waals surface area contributed by atoms with Gasteiger partial charge in [0.2, 0.25) is 11.9 Å². The van der Waals surface area contributed by atoms with Crippen LogP contribution in [-0.4, -0.2) is 4.68 Å². The van der Waals surface area contributed by atoms with Gasteiger partial charge >= 0.3 is 5.66 Å². The van der Waals surface area contributed by atoms with Crippen molar-refractivity contribution in [3.63, 3.8) is 0 Å². The number of hydrogen-bond acceptors (Lipinski definition) is 1. The molecule has 0 fully saturated rings. The zero-order valence-electron chi connectivity index (χ0n) is 23.2. The van der Waals surface area contributed by atoms with Gasteiger partial charge in [0.1, 0.15) is 17.2 Å². The molecule has 0 aliphatic carbocycles. The van der Waals surface area contributed by atoms with Crippen LogP contribution in [0.3, 0.4) is 0 Å².